The first-order valence-electron chi connectivity index (χ1n) is 5.42. The first-order valence-corrected chi connectivity index (χ1v) is 5.42. The zero-order valence-electron chi connectivity index (χ0n) is 9.81. The molecule has 0 fully saturated rings. The second kappa shape index (κ2) is 7.61. The Morgan fingerprint density at radius 2 is 1.88 bits per heavy atom. The van der Waals surface area contributed by atoms with Crippen LogP contribution in [0.2, 0.25) is 0 Å². The molecule has 6 N–H and O–H groups in total. The lowest BCUT2D eigenvalue weighted by Crippen LogP contribution is -2.47. The van der Waals surface area contributed by atoms with Crippen LogP contribution in [0, 0.1) is 0 Å². The van der Waals surface area contributed by atoms with Crippen LogP contribution in [0.1, 0.15) is 32.6 Å². The van der Waals surface area contributed by atoms with Crippen LogP contribution >= 0.6 is 0 Å². The van der Waals surface area contributed by atoms with Crippen molar-refractivity contribution >= 4 is 17.8 Å². The molecule has 0 saturated heterocycles. The molecule has 0 heterocycles. The average Bonchev–Trinajstić information content (AvgIpc) is 2.15. The van der Waals surface area contributed by atoms with Gasteiger partial charge >= 0.3 is 5.97 Å². The van der Waals surface area contributed by atoms with Crippen LogP contribution in [0.4, 0.5) is 0 Å². The van der Waals surface area contributed by atoms with Crippen LogP contribution < -0.4 is 16.8 Å². The maximum absolute atomic E-state index is 11.5. The number of carboxylic acid groups (broad SMARTS) is 1. The van der Waals surface area contributed by atoms with Crippen LogP contribution in [0.5, 0.6) is 0 Å². The van der Waals surface area contributed by atoms with Gasteiger partial charge in [0.25, 0.3) is 0 Å². The quantitative estimate of drug-likeness (QED) is 0.432. The molecular formula is C10H19N3O4. The Hall–Kier alpha value is -1.63. The van der Waals surface area contributed by atoms with Crippen molar-refractivity contribution in [2.75, 3.05) is 0 Å². The predicted octanol–water partition coefficient (Wildman–Crippen LogP) is -1.05. The lowest BCUT2D eigenvalue weighted by atomic mass is 10.1. The van der Waals surface area contributed by atoms with E-state index in [9.17, 15) is 14.4 Å². The minimum absolute atomic E-state index is 0.164. The van der Waals surface area contributed by atoms with Crippen LogP contribution in [0.25, 0.3) is 0 Å². The Morgan fingerprint density at radius 3 is 2.29 bits per heavy atom. The number of amides is 2. The minimum Gasteiger partial charge on any atom is -0.481 e. The molecule has 0 aromatic heterocycles. The molecule has 0 aliphatic carbocycles. The molecule has 0 aliphatic rings. The van der Waals surface area contributed by atoms with Crippen molar-refractivity contribution in [2.24, 2.45) is 11.5 Å². The van der Waals surface area contributed by atoms with Gasteiger partial charge in [0.2, 0.25) is 11.8 Å². The molecule has 7 heteroatoms. The molecule has 98 valence electrons. The van der Waals surface area contributed by atoms with Crippen LogP contribution in [0.15, 0.2) is 0 Å². The van der Waals surface area contributed by atoms with E-state index in [-0.39, 0.29) is 12.8 Å². The second-order valence-electron chi connectivity index (χ2n) is 3.87. The van der Waals surface area contributed by atoms with Crippen molar-refractivity contribution in [1.82, 2.24) is 5.32 Å². The van der Waals surface area contributed by atoms with Crippen molar-refractivity contribution in [3.8, 4) is 0 Å². The summed E-state index contributed by atoms with van der Waals surface area (Å²) in [6.07, 6.45) is 0.866. The molecular weight excluding hydrogens is 226 g/mol. The average molecular weight is 245 g/mol. The summed E-state index contributed by atoms with van der Waals surface area (Å²) in [5.41, 5.74) is 10.3. The van der Waals surface area contributed by atoms with E-state index in [2.05, 4.69) is 5.32 Å². The highest BCUT2D eigenvalue weighted by Crippen LogP contribution is 2.02. The van der Waals surface area contributed by atoms with Crippen molar-refractivity contribution in [1.29, 1.82) is 0 Å². The number of nitrogens with one attached hydrogen (secondary N) is 1. The van der Waals surface area contributed by atoms with Gasteiger partial charge in [-0.05, 0) is 6.42 Å². The number of hydrogen-bond acceptors (Lipinski definition) is 4. The van der Waals surface area contributed by atoms with E-state index in [0.29, 0.717) is 6.42 Å². The summed E-state index contributed by atoms with van der Waals surface area (Å²) >= 11 is 0. The molecule has 0 bridgehead atoms. The zero-order valence-corrected chi connectivity index (χ0v) is 9.81. The summed E-state index contributed by atoms with van der Waals surface area (Å²) in [5, 5.41) is 11.2. The Labute approximate surface area is 99.5 Å². The van der Waals surface area contributed by atoms with Gasteiger partial charge in [0, 0.05) is 6.04 Å². The Morgan fingerprint density at radius 1 is 1.29 bits per heavy atom. The van der Waals surface area contributed by atoms with Crippen molar-refractivity contribution in [2.45, 2.75) is 44.7 Å². The topological polar surface area (TPSA) is 136 Å². The van der Waals surface area contributed by atoms with E-state index < -0.39 is 29.9 Å². The molecule has 2 atom stereocenters. The molecule has 0 spiro atoms. The van der Waals surface area contributed by atoms with Crippen molar-refractivity contribution < 1.29 is 19.5 Å². The molecule has 0 aromatic rings. The van der Waals surface area contributed by atoms with E-state index in [1.54, 1.807) is 0 Å². The van der Waals surface area contributed by atoms with Gasteiger partial charge in [0.15, 0.2) is 0 Å². The molecule has 7 nitrogen and oxygen atoms in total. The van der Waals surface area contributed by atoms with Crippen LogP contribution in [0.3, 0.4) is 0 Å². The summed E-state index contributed by atoms with van der Waals surface area (Å²) in [6.45, 7) is 1.88. The third-order valence-electron chi connectivity index (χ3n) is 2.16. The zero-order chi connectivity index (χ0) is 13.4. The highest BCUT2D eigenvalue weighted by molar-refractivity contribution is 5.87. The fourth-order valence-corrected chi connectivity index (χ4v) is 1.40. The lowest BCUT2D eigenvalue weighted by Gasteiger charge is -2.18. The summed E-state index contributed by atoms with van der Waals surface area (Å²) < 4.78 is 0. The normalized spacial score (nSPS) is 13.8. The predicted molar refractivity (Wildman–Crippen MR) is 60.9 cm³/mol. The van der Waals surface area contributed by atoms with Gasteiger partial charge in [-0.1, -0.05) is 13.3 Å². The highest BCUT2D eigenvalue weighted by Gasteiger charge is 2.20. The molecule has 0 aromatic carbocycles. The number of carbonyl (C=O) groups excluding carboxylic acids is 2. The Balaban J connectivity index is 4.28. The molecule has 2 amide bonds. The highest BCUT2D eigenvalue weighted by atomic mass is 16.4. The van der Waals surface area contributed by atoms with Gasteiger partial charge in [-0.15, -0.1) is 0 Å². The smallest absolute Gasteiger partial charge is 0.305 e. The Bertz CT molecular complexity index is 293. The number of hydrogen-bond donors (Lipinski definition) is 4. The second-order valence-corrected chi connectivity index (χ2v) is 3.87. The van der Waals surface area contributed by atoms with Gasteiger partial charge in [-0.3, -0.25) is 14.4 Å². The van der Waals surface area contributed by atoms with E-state index >= 15 is 0 Å². The van der Waals surface area contributed by atoms with E-state index in [0.717, 1.165) is 6.42 Å². The fourth-order valence-electron chi connectivity index (χ4n) is 1.40. The maximum atomic E-state index is 11.5. The first kappa shape index (κ1) is 15.4. The SMILES string of the molecule is CCCC(CC(=O)O)NC(=O)C(N)CC(N)=O. The monoisotopic (exact) mass is 245 g/mol. The fraction of sp³-hybridized carbons (Fsp3) is 0.700. The lowest BCUT2D eigenvalue weighted by molar-refractivity contribution is -0.138. The van der Waals surface area contributed by atoms with Gasteiger partial charge in [-0.25, -0.2) is 0 Å². The van der Waals surface area contributed by atoms with E-state index in [1.807, 2.05) is 6.92 Å². The molecule has 0 aliphatic heterocycles. The van der Waals surface area contributed by atoms with Crippen LogP contribution in [-0.2, 0) is 14.4 Å². The van der Waals surface area contributed by atoms with E-state index in [4.69, 9.17) is 16.6 Å². The molecule has 2 unspecified atom stereocenters. The summed E-state index contributed by atoms with van der Waals surface area (Å²) in [4.78, 5) is 32.6. The van der Waals surface area contributed by atoms with Crippen molar-refractivity contribution in [3.05, 3.63) is 0 Å². The standard InChI is InChI=1S/C10H19N3O4/c1-2-3-6(4-9(15)16)13-10(17)7(11)5-8(12)14/h6-7H,2-5,11H2,1H3,(H2,12,14)(H,13,17)(H,15,16). The van der Waals surface area contributed by atoms with Gasteiger partial charge in [0.05, 0.1) is 18.9 Å². The number of carbonyl (C=O) groups is 3. The van der Waals surface area contributed by atoms with Gasteiger partial charge < -0.3 is 21.9 Å². The van der Waals surface area contributed by atoms with Gasteiger partial charge in [0.1, 0.15) is 0 Å². The molecule has 0 rings (SSSR count). The van der Waals surface area contributed by atoms with Crippen molar-refractivity contribution in [3.63, 3.8) is 0 Å². The number of carboxylic acids is 1. The summed E-state index contributed by atoms with van der Waals surface area (Å²) in [5.74, 6) is -2.21. The molecule has 17 heavy (non-hydrogen) atoms. The third kappa shape index (κ3) is 7.29. The third-order valence-corrected chi connectivity index (χ3v) is 2.16. The largest absolute Gasteiger partial charge is 0.481 e. The van der Waals surface area contributed by atoms with E-state index in [1.165, 1.54) is 0 Å². The molecule has 0 radical (unpaired) electrons. The number of nitrogens with two attached hydrogens (primary N) is 2. The minimum atomic E-state index is -1.03. The number of aliphatic carboxylic acids is 1. The van der Waals surface area contributed by atoms with Gasteiger partial charge in [-0.2, -0.15) is 0 Å². The molecule has 0 saturated carbocycles. The first-order chi connectivity index (χ1) is 7.86. The summed E-state index contributed by atoms with van der Waals surface area (Å²) in [7, 11) is 0. The Kier molecular flexibility index (Phi) is 6.88. The van der Waals surface area contributed by atoms with Crippen LogP contribution in [-0.4, -0.2) is 35.0 Å². The maximum Gasteiger partial charge on any atom is 0.305 e. The summed E-state index contributed by atoms with van der Waals surface area (Å²) in [6, 6.07) is -1.50. The number of primary amides is 1. The number of rotatable bonds is 8.